The van der Waals surface area contributed by atoms with Crippen molar-refractivity contribution in [3.63, 3.8) is 0 Å². The zero-order chi connectivity index (χ0) is 20.1. The fourth-order valence-electron chi connectivity index (χ4n) is 3.36. The minimum absolute atomic E-state index is 0. The third kappa shape index (κ3) is 6.39. The molecule has 160 valence electrons. The third-order valence-corrected chi connectivity index (χ3v) is 6.50. The van der Waals surface area contributed by atoms with Crippen LogP contribution < -0.4 is 0 Å². The Hall–Kier alpha value is -1.21. The number of aromatic nitrogens is 2. The highest BCUT2D eigenvalue weighted by Crippen LogP contribution is 2.33. The number of benzene rings is 2. The summed E-state index contributed by atoms with van der Waals surface area (Å²) in [6.45, 7) is 1.19. The van der Waals surface area contributed by atoms with Crippen molar-refractivity contribution in [2.45, 2.75) is 36.2 Å². The first-order valence-corrected chi connectivity index (χ1v) is 11.2. The topological polar surface area (TPSA) is 36.3 Å². The van der Waals surface area contributed by atoms with Crippen molar-refractivity contribution < 1.29 is 9.47 Å². The molecule has 0 bridgehead atoms. The summed E-state index contributed by atoms with van der Waals surface area (Å²) in [6.07, 6.45) is 7.15. The molecule has 0 unspecified atom stereocenters. The van der Waals surface area contributed by atoms with Gasteiger partial charge in [0.1, 0.15) is 0 Å². The van der Waals surface area contributed by atoms with Gasteiger partial charge in [-0.05, 0) is 48.4 Å². The Morgan fingerprint density at radius 1 is 1.07 bits per heavy atom. The van der Waals surface area contributed by atoms with Crippen LogP contribution in [0.1, 0.15) is 12.0 Å². The number of imidazole rings is 1. The standard InChI is InChI=1S/C22H22Cl2N2O2S.ClH/c23-18-3-1-17(2-4-18)9-10-22(15-26-12-11-25-16-26)27-13-20(28-22)14-29-21-7-5-19(24)6-8-21;/h1-8,11-12,16,20H,9-10,13-15H2;1H/t20-,22+;/m0./s1. The van der Waals surface area contributed by atoms with Gasteiger partial charge in [0.25, 0.3) is 0 Å². The van der Waals surface area contributed by atoms with E-state index < -0.39 is 5.79 Å². The first-order chi connectivity index (χ1) is 14.1. The maximum atomic E-state index is 6.47. The molecular weight excluding hydrogens is 463 g/mol. The molecule has 0 saturated carbocycles. The van der Waals surface area contributed by atoms with E-state index >= 15 is 0 Å². The van der Waals surface area contributed by atoms with E-state index in [1.807, 2.05) is 47.2 Å². The number of ether oxygens (including phenoxy) is 2. The number of rotatable bonds is 8. The molecule has 0 spiro atoms. The lowest BCUT2D eigenvalue weighted by Crippen LogP contribution is -2.37. The van der Waals surface area contributed by atoms with Crippen molar-refractivity contribution in [2.24, 2.45) is 0 Å². The maximum Gasteiger partial charge on any atom is 0.187 e. The third-order valence-electron chi connectivity index (χ3n) is 4.85. The smallest absolute Gasteiger partial charge is 0.187 e. The summed E-state index contributed by atoms with van der Waals surface area (Å²) in [7, 11) is 0. The molecule has 0 radical (unpaired) electrons. The summed E-state index contributed by atoms with van der Waals surface area (Å²) in [5, 5.41) is 1.49. The van der Waals surface area contributed by atoms with Crippen LogP contribution in [0.4, 0.5) is 0 Å². The van der Waals surface area contributed by atoms with Crippen LogP contribution in [0, 0.1) is 0 Å². The number of aryl methyl sites for hydroxylation is 1. The summed E-state index contributed by atoms with van der Waals surface area (Å²) in [6, 6.07) is 15.8. The van der Waals surface area contributed by atoms with Gasteiger partial charge < -0.3 is 14.0 Å². The van der Waals surface area contributed by atoms with Crippen LogP contribution in [0.5, 0.6) is 0 Å². The second kappa shape index (κ2) is 10.9. The molecule has 1 saturated heterocycles. The highest BCUT2D eigenvalue weighted by molar-refractivity contribution is 7.99. The van der Waals surface area contributed by atoms with E-state index in [1.165, 1.54) is 10.5 Å². The lowest BCUT2D eigenvalue weighted by Gasteiger charge is -2.28. The molecule has 2 aromatic carbocycles. The predicted octanol–water partition coefficient (Wildman–Crippen LogP) is 6.15. The van der Waals surface area contributed by atoms with Gasteiger partial charge in [0.2, 0.25) is 0 Å². The van der Waals surface area contributed by atoms with Gasteiger partial charge in [0.15, 0.2) is 5.79 Å². The number of thioether (sulfide) groups is 1. The van der Waals surface area contributed by atoms with Gasteiger partial charge in [0, 0.05) is 39.5 Å². The predicted molar refractivity (Wildman–Crippen MR) is 125 cm³/mol. The van der Waals surface area contributed by atoms with E-state index in [0.717, 1.165) is 28.6 Å². The van der Waals surface area contributed by atoms with Gasteiger partial charge in [0.05, 0.1) is 25.6 Å². The Labute approximate surface area is 197 Å². The molecule has 3 aromatic rings. The second-order valence-corrected chi connectivity index (χ2v) is 9.05. The van der Waals surface area contributed by atoms with Crippen LogP contribution in [0.3, 0.4) is 0 Å². The average molecular weight is 486 g/mol. The first kappa shape index (κ1) is 23.5. The largest absolute Gasteiger partial charge is 0.345 e. The summed E-state index contributed by atoms with van der Waals surface area (Å²) < 4.78 is 14.7. The minimum atomic E-state index is -0.661. The van der Waals surface area contributed by atoms with Crippen LogP contribution in [0.25, 0.3) is 0 Å². The Kier molecular flexibility index (Phi) is 8.52. The highest BCUT2D eigenvalue weighted by atomic mass is 35.5. The van der Waals surface area contributed by atoms with Gasteiger partial charge in [-0.3, -0.25) is 0 Å². The van der Waals surface area contributed by atoms with Crippen molar-refractivity contribution in [3.8, 4) is 0 Å². The zero-order valence-corrected chi connectivity index (χ0v) is 19.4. The van der Waals surface area contributed by atoms with Gasteiger partial charge >= 0.3 is 0 Å². The average Bonchev–Trinajstić information content (AvgIpc) is 3.38. The summed E-state index contributed by atoms with van der Waals surface area (Å²) >= 11 is 13.7. The number of nitrogens with zero attached hydrogens (tertiary/aromatic N) is 2. The molecule has 8 heteroatoms. The van der Waals surface area contributed by atoms with Crippen LogP contribution in [-0.4, -0.2) is 33.8 Å². The van der Waals surface area contributed by atoms with Crippen LogP contribution in [0.15, 0.2) is 72.1 Å². The molecule has 1 aromatic heterocycles. The molecule has 0 aliphatic carbocycles. The van der Waals surface area contributed by atoms with E-state index in [4.69, 9.17) is 32.7 Å². The molecule has 1 aliphatic rings. The van der Waals surface area contributed by atoms with Crippen LogP contribution >= 0.6 is 47.4 Å². The lowest BCUT2D eigenvalue weighted by molar-refractivity contribution is -0.180. The Morgan fingerprint density at radius 2 is 1.77 bits per heavy atom. The summed E-state index contributed by atoms with van der Waals surface area (Å²) in [4.78, 5) is 5.32. The molecule has 4 rings (SSSR count). The molecule has 1 fully saturated rings. The normalized spacial score (nSPS) is 20.8. The van der Waals surface area contributed by atoms with Gasteiger partial charge in [-0.15, -0.1) is 24.2 Å². The number of hydrogen-bond donors (Lipinski definition) is 0. The zero-order valence-electron chi connectivity index (χ0n) is 16.2. The fourth-order valence-corrected chi connectivity index (χ4v) is 4.48. The van der Waals surface area contributed by atoms with E-state index in [9.17, 15) is 0 Å². The van der Waals surface area contributed by atoms with Gasteiger partial charge in [-0.1, -0.05) is 35.3 Å². The van der Waals surface area contributed by atoms with E-state index in [2.05, 4.69) is 17.1 Å². The van der Waals surface area contributed by atoms with Gasteiger partial charge in [-0.25, -0.2) is 4.98 Å². The second-order valence-electron chi connectivity index (χ2n) is 7.09. The van der Waals surface area contributed by atoms with E-state index in [-0.39, 0.29) is 18.5 Å². The highest BCUT2D eigenvalue weighted by Gasteiger charge is 2.41. The van der Waals surface area contributed by atoms with Crippen LogP contribution in [-0.2, 0) is 22.4 Å². The fraction of sp³-hybridized carbons (Fsp3) is 0.318. The maximum absolute atomic E-state index is 6.47. The molecular formula is C22H23Cl3N2O2S. The van der Waals surface area contributed by atoms with E-state index in [0.29, 0.717) is 13.2 Å². The van der Waals surface area contributed by atoms with Crippen LogP contribution in [0.2, 0.25) is 10.0 Å². The Bertz CT molecular complexity index is 907. The Balaban J connectivity index is 0.00000256. The SMILES string of the molecule is Cl.Clc1ccc(CC[C@@]2(Cn3ccnc3)OC[C@@H](CSc3ccc(Cl)cc3)O2)cc1. The monoisotopic (exact) mass is 484 g/mol. The molecule has 30 heavy (non-hydrogen) atoms. The quantitative estimate of drug-likeness (QED) is 0.359. The molecule has 2 atom stereocenters. The number of halogens is 3. The molecule has 0 N–H and O–H groups in total. The van der Waals surface area contributed by atoms with Gasteiger partial charge in [-0.2, -0.15) is 0 Å². The lowest BCUT2D eigenvalue weighted by atomic mass is 10.0. The first-order valence-electron chi connectivity index (χ1n) is 9.51. The van der Waals surface area contributed by atoms with E-state index in [1.54, 1.807) is 24.3 Å². The molecule has 2 heterocycles. The van der Waals surface area contributed by atoms with Crippen molar-refractivity contribution in [2.75, 3.05) is 12.4 Å². The van der Waals surface area contributed by atoms with Crippen molar-refractivity contribution in [1.29, 1.82) is 0 Å². The molecule has 1 aliphatic heterocycles. The van der Waals surface area contributed by atoms with Crippen molar-refractivity contribution >= 4 is 47.4 Å². The molecule has 0 amide bonds. The summed E-state index contributed by atoms with van der Waals surface area (Å²) in [5.74, 6) is 0.166. The minimum Gasteiger partial charge on any atom is -0.345 e. The molecule has 4 nitrogen and oxygen atoms in total. The van der Waals surface area contributed by atoms with Crippen molar-refractivity contribution in [1.82, 2.24) is 9.55 Å². The summed E-state index contributed by atoms with van der Waals surface area (Å²) in [5.41, 5.74) is 1.21. The Morgan fingerprint density at radius 3 is 2.43 bits per heavy atom. The number of hydrogen-bond acceptors (Lipinski definition) is 4. The van der Waals surface area contributed by atoms with Crippen molar-refractivity contribution in [3.05, 3.63) is 82.9 Å².